The van der Waals surface area contributed by atoms with E-state index in [9.17, 15) is 0 Å². The van der Waals surface area contributed by atoms with Crippen LogP contribution in [0.4, 0.5) is 0 Å². The van der Waals surface area contributed by atoms with Crippen LogP contribution in [0.2, 0.25) is 0 Å². The van der Waals surface area contributed by atoms with E-state index in [2.05, 4.69) is 9.98 Å². The van der Waals surface area contributed by atoms with Gasteiger partial charge in [0.2, 0.25) is 11.9 Å². The fourth-order valence-electron chi connectivity index (χ4n) is 2.80. The Bertz CT molecular complexity index is 410. The monoisotopic (exact) mass is 341 g/mol. The quantitative estimate of drug-likeness (QED) is 0.446. The molecule has 1 heterocycles. The van der Waals surface area contributed by atoms with E-state index in [0.717, 1.165) is 25.7 Å². The zero-order valence-electron chi connectivity index (χ0n) is 15.3. The second-order valence-corrected chi connectivity index (χ2v) is 6.82. The molecule has 0 spiro atoms. The number of guanidine groups is 2. The highest BCUT2D eigenvalue weighted by Gasteiger charge is 2.32. The molecule has 7 heteroatoms. The molecular weight excluding hydrogens is 306 g/mol. The average molecular weight is 342 g/mol. The minimum Gasteiger partial charge on any atom is -0.396 e. The molecule has 5 N–H and O–H groups in total. The van der Waals surface area contributed by atoms with Crippen LogP contribution in [0, 0.1) is 0 Å². The van der Waals surface area contributed by atoms with Gasteiger partial charge in [0.05, 0.1) is 6.61 Å². The van der Waals surface area contributed by atoms with Crippen molar-refractivity contribution >= 4 is 11.9 Å². The molecule has 24 heavy (non-hydrogen) atoms. The Morgan fingerprint density at radius 2 is 1.42 bits per heavy atom. The molecule has 0 saturated carbocycles. The maximum Gasteiger partial charge on any atom is 0.226 e. The van der Waals surface area contributed by atoms with Gasteiger partial charge in [-0.15, -0.1) is 0 Å². The van der Waals surface area contributed by atoms with Crippen LogP contribution in [0.25, 0.3) is 0 Å². The summed E-state index contributed by atoms with van der Waals surface area (Å²) in [7, 11) is 0. The molecule has 0 aromatic heterocycles. The molecule has 1 aliphatic heterocycles. The standard InChI is InChI=1S/C17H35N5O2/c1-17(2)21-15(18)20-16(19)22(17)24-14-12-10-8-6-4-3-5-7-9-11-13-23/h23H,3-14H2,1-2H3,(H4,18,19,20,21). The summed E-state index contributed by atoms with van der Waals surface area (Å²) in [6.45, 7) is 4.72. The summed E-state index contributed by atoms with van der Waals surface area (Å²) in [4.78, 5) is 13.9. The molecule has 140 valence electrons. The van der Waals surface area contributed by atoms with Crippen LogP contribution in [0.1, 0.15) is 78.1 Å². The first-order valence-corrected chi connectivity index (χ1v) is 9.21. The fourth-order valence-corrected chi connectivity index (χ4v) is 2.80. The van der Waals surface area contributed by atoms with Crippen molar-refractivity contribution in [1.82, 2.24) is 5.06 Å². The lowest BCUT2D eigenvalue weighted by molar-refractivity contribution is -0.157. The SMILES string of the molecule is CC1(C)N=C(N)N=C(N)N1OCCCCCCCCCCCCO. The van der Waals surface area contributed by atoms with Gasteiger partial charge < -0.3 is 16.6 Å². The lowest BCUT2D eigenvalue weighted by atomic mass is 10.1. The second-order valence-electron chi connectivity index (χ2n) is 6.82. The number of nitrogens with two attached hydrogens (primary N) is 2. The number of hydrogen-bond donors (Lipinski definition) is 3. The number of hydroxylamine groups is 2. The van der Waals surface area contributed by atoms with Crippen LogP contribution in [-0.4, -0.2) is 41.0 Å². The van der Waals surface area contributed by atoms with Crippen molar-refractivity contribution in [3.8, 4) is 0 Å². The van der Waals surface area contributed by atoms with Gasteiger partial charge >= 0.3 is 0 Å². The summed E-state index contributed by atoms with van der Waals surface area (Å²) in [5, 5.41) is 10.2. The summed E-state index contributed by atoms with van der Waals surface area (Å²) in [6.07, 6.45) is 11.9. The van der Waals surface area contributed by atoms with E-state index in [1.165, 1.54) is 43.6 Å². The van der Waals surface area contributed by atoms with Crippen LogP contribution < -0.4 is 11.5 Å². The maximum absolute atomic E-state index is 8.71. The van der Waals surface area contributed by atoms with Crippen LogP contribution in [0.15, 0.2) is 9.98 Å². The number of aliphatic hydroxyl groups excluding tert-OH is 1. The van der Waals surface area contributed by atoms with Gasteiger partial charge in [-0.05, 0) is 26.7 Å². The Balaban J connectivity index is 2.00. The lowest BCUT2D eigenvalue weighted by Crippen LogP contribution is -2.53. The Hall–Kier alpha value is -1.34. The molecule has 0 aliphatic carbocycles. The predicted octanol–water partition coefficient (Wildman–Crippen LogP) is 2.49. The predicted molar refractivity (Wildman–Crippen MR) is 98.4 cm³/mol. The maximum atomic E-state index is 8.71. The van der Waals surface area contributed by atoms with Crippen LogP contribution in [0.3, 0.4) is 0 Å². The molecule has 0 aromatic carbocycles. The van der Waals surface area contributed by atoms with Gasteiger partial charge in [0, 0.05) is 6.61 Å². The van der Waals surface area contributed by atoms with E-state index in [1.807, 2.05) is 13.8 Å². The first-order chi connectivity index (χ1) is 11.5. The van der Waals surface area contributed by atoms with Crippen molar-refractivity contribution in [3.05, 3.63) is 0 Å². The minimum atomic E-state index is -0.619. The summed E-state index contributed by atoms with van der Waals surface area (Å²) in [5.41, 5.74) is 10.9. The molecule has 0 amide bonds. The summed E-state index contributed by atoms with van der Waals surface area (Å²) in [5.74, 6) is 0.447. The number of hydrogen-bond acceptors (Lipinski definition) is 7. The molecule has 0 atom stereocenters. The van der Waals surface area contributed by atoms with Crippen LogP contribution >= 0.6 is 0 Å². The smallest absolute Gasteiger partial charge is 0.226 e. The van der Waals surface area contributed by atoms with Crippen molar-refractivity contribution in [3.63, 3.8) is 0 Å². The Labute approximate surface area is 146 Å². The van der Waals surface area contributed by atoms with Crippen LogP contribution in [-0.2, 0) is 4.84 Å². The van der Waals surface area contributed by atoms with Crippen molar-refractivity contribution in [1.29, 1.82) is 0 Å². The molecular formula is C17H35N5O2. The highest BCUT2D eigenvalue weighted by Crippen LogP contribution is 2.20. The van der Waals surface area contributed by atoms with E-state index < -0.39 is 5.66 Å². The van der Waals surface area contributed by atoms with E-state index in [0.29, 0.717) is 13.2 Å². The first kappa shape index (κ1) is 20.7. The highest BCUT2D eigenvalue weighted by molar-refractivity contribution is 5.95. The van der Waals surface area contributed by atoms with E-state index in [-0.39, 0.29) is 11.9 Å². The fraction of sp³-hybridized carbons (Fsp3) is 0.882. The van der Waals surface area contributed by atoms with E-state index in [1.54, 1.807) is 0 Å². The Kier molecular flexibility index (Phi) is 9.71. The average Bonchev–Trinajstić information content (AvgIpc) is 2.49. The second kappa shape index (κ2) is 11.3. The Morgan fingerprint density at radius 1 is 0.917 bits per heavy atom. The van der Waals surface area contributed by atoms with Gasteiger partial charge in [-0.25, -0.2) is 4.99 Å². The normalized spacial score (nSPS) is 16.9. The largest absolute Gasteiger partial charge is 0.396 e. The van der Waals surface area contributed by atoms with Crippen molar-refractivity contribution in [2.75, 3.05) is 13.2 Å². The molecule has 0 aromatic rings. The van der Waals surface area contributed by atoms with Crippen molar-refractivity contribution < 1.29 is 9.94 Å². The Morgan fingerprint density at radius 3 is 1.92 bits per heavy atom. The summed E-state index contributed by atoms with van der Waals surface area (Å²) >= 11 is 0. The van der Waals surface area contributed by atoms with Gasteiger partial charge in [-0.1, -0.05) is 51.4 Å². The third-order valence-corrected chi connectivity index (χ3v) is 4.10. The number of aliphatic hydroxyl groups is 1. The van der Waals surface area contributed by atoms with Crippen LogP contribution in [0.5, 0.6) is 0 Å². The zero-order chi connectivity index (χ0) is 17.8. The molecule has 0 saturated heterocycles. The topological polar surface area (TPSA) is 109 Å². The van der Waals surface area contributed by atoms with Gasteiger partial charge in [-0.2, -0.15) is 10.1 Å². The number of unbranched alkanes of at least 4 members (excludes halogenated alkanes) is 9. The molecule has 0 fully saturated rings. The minimum absolute atomic E-state index is 0.189. The van der Waals surface area contributed by atoms with E-state index >= 15 is 0 Å². The molecule has 0 bridgehead atoms. The van der Waals surface area contributed by atoms with Crippen molar-refractivity contribution in [2.24, 2.45) is 21.5 Å². The van der Waals surface area contributed by atoms with Gasteiger partial charge in [0.15, 0.2) is 5.66 Å². The van der Waals surface area contributed by atoms with Gasteiger partial charge in [0.25, 0.3) is 0 Å². The third-order valence-electron chi connectivity index (χ3n) is 4.10. The van der Waals surface area contributed by atoms with Gasteiger partial charge in [-0.3, -0.25) is 4.84 Å². The third kappa shape index (κ3) is 7.97. The number of nitrogens with zero attached hydrogens (tertiary/aromatic N) is 3. The van der Waals surface area contributed by atoms with Gasteiger partial charge in [0.1, 0.15) is 0 Å². The molecule has 0 unspecified atom stereocenters. The zero-order valence-corrected chi connectivity index (χ0v) is 15.3. The molecule has 1 rings (SSSR count). The van der Waals surface area contributed by atoms with Crippen molar-refractivity contribution in [2.45, 2.75) is 83.7 Å². The number of aliphatic imine (C=N–C) groups is 2. The highest BCUT2D eigenvalue weighted by atomic mass is 16.7. The molecule has 0 radical (unpaired) electrons. The molecule has 1 aliphatic rings. The van der Waals surface area contributed by atoms with E-state index in [4.69, 9.17) is 21.4 Å². The summed E-state index contributed by atoms with van der Waals surface area (Å²) in [6, 6.07) is 0. The molecule has 7 nitrogen and oxygen atoms in total. The lowest BCUT2D eigenvalue weighted by Gasteiger charge is -2.36. The number of rotatable bonds is 13. The summed E-state index contributed by atoms with van der Waals surface area (Å²) < 4.78 is 0. The first-order valence-electron chi connectivity index (χ1n) is 9.21.